The van der Waals surface area contributed by atoms with Crippen LogP contribution in [0.25, 0.3) is 11.4 Å². The highest BCUT2D eigenvalue weighted by Gasteiger charge is 2.11. The zero-order chi connectivity index (χ0) is 13.9. The molecule has 2 aromatic rings. The number of benzene rings is 1. The van der Waals surface area contributed by atoms with Gasteiger partial charge < -0.3 is 5.32 Å². The molecule has 1 aromatic heterocycles. The van der Waals surface area contributed by atoms with E-state index in [0.29, 0.717) is 0 Å². The first-order valence-corrected chi connectivity index (χ1v) is 6.66. The van der Waals surface area contributed by atoms with Crippen LogP contribution in [-0.2, 0) is 13.5 Å². The van der Waals surface area contributed by atoms with Gasteiger partial charge in [0.2, 0.25) is 0 Å². The van der Waals surface area contributed by atoms with E-state index in [-0.39, 0.29) is 5.54 Å². The van der Waals surface area contributed by atoms with Gasteiger partial charge in [0.05, 0.1) is 0 Å². The molecule has 4 nitrogen and oxygen atoms in total. The van der Waals surface area contributed by atoms with Crippen LogP contribution in [0, 0.1) is 0 Å². The number of aryl methyl sites for hydroxylation is 1. The Morgan fingerprint density at radius 1 is 1.16 bits per heavy atom. The maximum absolute atomic E-state index is 4.61. The summed E-state index contributed by atoms with van der Waals surface area (Å²) in [6, 6.07) is 10.1. The fraction of sp³-hybridized carbons (Fsp3) is 0.467. The molecule has 0 saturated heterocycles. The summed E-state index contributed by atoms with van der Waals surface area (Å²) in [7, 11) is 1.95. The monoisotopic (exact) mass is 258 g/mol. The lowest BCUT2D eigenvalue weighted by Crippen LogP contribution is -2.37. The van der Waals surface area contributed by atoms with Crippen molar-refractivity contribution in [1.82, 2.24) is 20.1 Å². The third-order valence-corrected chi connectivity index (χ3v) is 2.89. The molecule has 0 aliphatic rings. The normalized spacial score (nSPS) is 11.8. The van der Waals surface area contributed by atoms with E-state index in [0.717, 1.165) is 30.2 Å². The summed E-state index contributed by atoms with van der Waals surface area (Å²) < 4.78 is 1.87. The topological polar surface area (TPSA) is 42.7 Å². The standard InChI is InChI=1S/C15H22N4/c1-15(2,3)16-11-10-13-17-14(18-19(13)4)12-8-6-5-7-9-12/h5-9,16H,10-11H2,1-4H3. The largest absolute Gasteiger partial charge is 0.312 e. The van der Waals surface area contributed by atoms with Gasteiger partial charge in [0.25, 0.3) is 0 Å². The molecule has 1 aromatic carbocycles. The highest BCUT2D eigenvalue weighted by Crippen LogP contribution is 2.14. The van der Waals surface area contributed by atoms with Gasteiger partial charge >= 0.3 is 0 Å². The van der Waals surface area contributed by atoms with Crippen LogP contribution in [0.2, 0.25) is 0 Å². The zero-order valence-corrected chi connectivity index (χ0v) is 12.1. The molecule has 0 amide bonds. The second kappa shape index (κ2) is 5.53. The van der Waals surface area contributed by atoms with Gasteiger partial charge in [-0.2, -0.15) is 5.10 Å². The molecule has 0 atom stereocenters. The fourth-order valence-corrected chi connectivity index (χ4v) is 1.89. The molecule has 2 rings (SSSR count). The Bertz CT molecular complexity index is 523. The van der Waals surface area contributed by atoms with Gasteiger partial charge in [0, 0.05) is 31.1 Å². The molecule has 4 heteroatoms. The second-order valence-electron chi connectivity index (χ2n) is 5.77. The van der Waals surface area contributed by atoms with Crippen molar-refractivity contribution in [3.63, 3.8) is 0 Å². The number of aromatic nitrogens is 3. The van der Waals surface area contributed by atoms with Crippen molar-refractivity contribution in [1.29, 1.82) is 0 Å². The maximum atomic E-state index is 4.61. The SMILES string of the molecule is Cn1nc(-c2ccccc2)nc1CCNC(C)(C)C. The van der Waals surface area contributed by atoms with E-state index in [2.05, 4.69) is 36.2 Å². The van der Waals surface area contributed by atoms with Crippen LogP contribution in [0.5, 0.6) is 0 Å². The molecule has 0 aliphatic carbocycles. The van der Waals surface area contributed by atoms with Crippen molar-refractivity contribution in [2.45, 2.75) is 32.7 Å². The van der Waals surface area contributed by atoms with Gasteiger partial charge in [-0.3, -0.25) is 4.68 Å². The number of hydrogen-bond acceptors (Lipinski definition) is 3. The zero-order valence-electron chi connectivity index (χ0n) is 12.1. The van der Waals surface area contributed by atoms with Crippen LogP contribution in [0.1, 0.15) is 26.6 Å². The Hall–Kier alpha value is -1.68. The van der Waals surface area contributed by atoms with Gasteiger partial charge in [-0.15, -0.1) is 0 Å². The number of nitrogens with zero attached hydrogens (tertiary/aromatic N) is 3. The molecule has 0 spiro atoms. The highest BCUT2D eigenvalue weighted by atomic mass is 15.3. The Morgan fingerprint density at radius 2 is 1.84 bits per heavy atom. The molecule has 0 saturated carbocycles. The summed E-state index contributed by atoms with van der Waals surface area (Å²) in [4.78, 5) is 4.61. The van der Waals surface area contributed by atoms with E-state index >= 15 is 0 Å². The molecular weight excluding hydrogens is 236 g/mol. The van der Waals surface area contributed by atoms with Gasteiger partial charge in [0.1, 0.15) is 5.82 Å². The van der Waals surface area contributed by atoms with Crippen LogP contribution in [-0.4, -0.2) is 26.8 Å². The molecule has 1 N–H and O–H groups in total. The maximum Gasteiger partial charge on any atom is 0.181 e. The van der Waals surface area contributed by atoms with Crippen molar-refractivity contribution < 1.29 is 0 Å². The number of nitrogens with one attached hydrogen (secondary N) is 1. The summed E-state index contributed by atoms with van der Waals surface area (Å²) in [5, 5.41) is 7.94. The Kier molecular flexibility index (Phi) is 4.00. The Morgan fingerprint density at radius 3 is 2.47 bits per heavy atom. The minimum Gasteiger partial charge on any atom is -0.312 e. The van der Waals surface area contributed by atoms with E-state index < -0.39 is 0 Å². The molecule has 19 heavy (non-hydrogen) atoms. The molecule has 0 fully saturated rings. The summed E-state index contributed by atoms with van der Waals surface area (Å²) in [5.74, 6) is 1.81. The van der Waals surface area contributed by atoms with Gasteiger partial charge in [-0.05, 0) is 20.8 Å². The number of rotatable bonds is 4. The van der Waals surface area contributed by atoms with Crippen LogP contribution in [0.4, 0.5) is 0 Å². The molecule has 0 bridgehead atoms. The van der Waals surface area contributed by atoms with Crippen molar-refractivity contribution >= 4 is 0 Å². The van der Waals surface area contributed by atoms with Crippen LogP contribution in [0.15, 0.2) is 30.3 Å². The summed E-state index contributed by atoms with van der Waals surface area (Å²) in [6.45, 7) is 7.40. The Balaban J connectivity index is 2.05. The van der Waals surface area contributed by atoms with E-state index in [9.17, 15) is 0 Å². The molecule has 102 valence electrons. The van der Waals surface area contributed by atoms with Gasteiger partial charge in [-0.1, -0.05) is 30.3 Å². The van der Waals surface area contributed by atoms with E-state index in [1.54, 1.807) is 0 Å². The van der Waals surface area contributed by atoms with E-state index in [4.69, 9.17) is 0 Å². The Labute approximate surface area is 114 Å². The van der Waals surface area contributed by atoms with Crippen molar-refractivity contribution in [2.24, 2.45) is 7.05 Å². The van der Waals surface area contributed by atoms with Crippen LogP contribution < -0.4 is 5.32 Å². The lowest BCUT2D eigenvalue weighted by Gasteiger charge is -2.20. The van der Waals surface area contributed by atoms with E-state index in [1.807, 2.05) is 42.1 Å². The smallest absolute Gasteiger partial charge is 0.181 e. The quantitative estimate of drug-likeness (QED) is 0.915. The lowest BCUT2D eigenvalue weighted by atomic mass is 10.1. The summed E-state index contributed by atoms with van der Waals surface area (Å²) >= 11 is 0. The molecule has 0 aliphatic heterocycles. The molecule has 0 radical (unpaired) electrons. The highest BCUT2D eigenvalue weighted by molar-refractivity contribution is 5.53. The first kappa shape index (κ1) is 13.7. The van der Waals surface area contributed by atoms with Crippen molar-refractivity contribution in [2.75, 3.05) is 6.54 Å². The molecular formula is C15H22N4. The third kappa shape index (κ3) is 3.89. The van der Waals surface area contributed by atoms with Crippen LogP contribution >= 0.6 is 0 Å². The molecule has 1 heterocycles. The third-order valence-electron chi connectivity index (χ3n) is 2.89. The van der Waals surface area contributed by atoms with Gasteiger partial charge in [0.15, 0.2) is 5.82 Å². The second-order valence-corrected chi connectivity index (χ2v) is 5.77. The lowest BCUT2D eigenvalue weighted by molar-refractivity contribution is 0.425. The minimum absolute atomic E-state index is 0.140. The molecule has 0 unspecified atom stereocenters. The average Bonchev–Trinajstić information content (AvgIpc) is 2.71. The van der Waals surface area contributed by atoms with Crippen molar-refractivity contribution in [3.05, 3.63) is 36.2 Å². The van der Waals surface area contributed by atoms with Crippen molar-refractivity contribution in [3.8, 4) is 11.4 Å². The minimum atomic E-state index is 0.140. The first-order chi connectivity index (χ1) is 8.96. The first-order valence-electron chi connectivity index (χ1n) is 6.66. The fourth-order valence-electron chi connectivity index (χ4n) is 1.89. The summed E-state index contributed by atoms with van der Waals surface area (Å²) in [6.07, 6.45) is 0.883. The van der Waals surface area contributed by atoms with Crippen LogP contribution in [0.3, 0.4) is 0 Å². The number of hydrogen-bond donors (Lipinski definition) is 1. The predicted octanol–water partition coefficient (Wildman–Crippen LogP) is 2.41. The van der Waals surface area contributed by atoms with E-state index in [1.165, 1.54) is 0 Å². The average molecular weight is 258 g/mol. The predicted molar refractivity (Wildman–Crippen MR) is 77.9 cm³/mol. The summed E-state index contributed by atoms with van der Waals surface area (Å²) in [5.41, 5.74) is 1.20. The van der Waals surface area contributed by atoms with Gasteiger partial charge in [-0.25, -0.2) is 4.98 Å².